The summed E-state index contributed by atoms with van der Waals surface area (Å²) in [6.45, 7) is -5.35. The summed E-state index contributed by atoms with van der Waals surface area (Å²) in [6.07, 6.45) is -5.18. The number of H-pyrrole nitrogens is 1. The molecule has 0 bridgehead atoms. The molecule has 19 nitrogen and oxygen atoms in total. The number of aromatic amines is 1. The van der Waals surface area contributed by atoms with Crippen molar-refractivity contribution in [2.45, 2.75) is 47.4 Å². The summed E-state index contributed by atoms with van der Waals surface area (Å²) in [6, 6.07) is 0. The first-order chi connectivity index (χ1) is 21.4. The summed E-state index contributed by atoms with van der Waals surface area (Å²) in [4.78, 5) is 45.9. The van der Waals surface area contributed by atoms with Crippen LogP contribution in [-0.2, 0) is 34.7 Å². The lowest BCUT2D eigenvalue weighted by atomic mass is 10.1. The fourth-order valence-corrected chi connectivity index (χ4v) is 8.74. The zero-order chi connectivity index (χ0) is 32.2. The first-order valence-electron chi connectivity index (χ1n) is 12.8. The summed E-state index contributed by atoms with van der Waals surface area (Å²) >= 11 is 10.00. The first-order valence-corrected chi connectivity index (χ1v) is 18.6. The molecule has 2 saturated heterocycles. The predicted molar refractivity (Wildman–Crippen MR) is 163 cm³/mol. The molecule has 25 heteroatoms. The summed E-state index contributed by atoms with van der Waals surface area (Å²) in [5, 5.41) is 19.1. The van der Waals surface area contributed by atoms with Crippen LogP contribution in [0, 0.1) is 0 Å². The number of aromatic nitrogens is 8. The van der Waals surface area contributed by atoms with Gasteiger partial charge in [0.1, 0.15) is 41.7 Å². The maximum absolute atomic E-state index is 15.7. The van der Waals surface area contributed by atoms with Crippen molar-refractivity contribution in [2.75, 3.05) is 24.7 Å². The molecule has 0 amide bonds. The number of thiol groups is 1. The van der Waals surface area contributed by atoms with Gasteiger partial charge in [0.2, 0.25) is 5.95 Å². The van der Waals surface area contributed by atoms with Crippen LogP contribution in [0.1, 0.15) is 11.6 Å². The number of hydrogen-bond acceptors (Lipinski definition) is 17. The van der Waals surface area contributed by atoms with Crippen molar-refractivity contribution in [1.29, 1.82) is 0 Å². The van der Waals surface area contributed by atoms with Gasteiger partial charge in [-0.05, 0) is 16.4 Å². The number of aliphatic hydroxyl groups excluding tert-OH is 2. The molecule has 6 rings (SSSR count). The summed E-state index contributed by atoms with van der Waals surface area (Å²) < 4.78 is 52.5. The Morgan fingerprint density at radius 3 is 2.67 bits per heavy atom. The van der Waals surface area contributed by atoms with E-state index in [1.165, 1.54) is 21.8 Å². The molecule has 0 aromatic carbocycles. The summed E-state index contributed by atoms with van der Waals surface area (Å²) in [7, 11) is -2.61. The second kappa shape index (κ2) is 12.7. The minimum absolute atomic E-state index is 0.0488. The Morgan fingerprint density at radius 1 is 1.20 bits per heavy atom. The number of alkyl halides is 1. The highest BCUT2D eigenvalue weighted by Gasteiger charge is 2.53. The van der Waals surface area contributed by atoms with Gasteiger partial charge >= 0.3 is 13.9 Å². The molecule has 0 saturated carbocycles. The molecule has 2 aliphatic heterocycles. The highest BCUT2D eigenvalue weighted by atomic mass is 32.7. The Balaban J connectivity index is 1.22. The van der Waals surface area contributed by atoms with Gasteiger partial charge in [-0.2, -0.15) is 4.98 Å². The standard InChI is InChI=1S/C20H23FN10O9P2S3/c21-8-12(39-41(35)43)6(38-18(8)30-4-26-9-14(22)24-3-25-15(9)30)2-37-42(36,44)40-13-11(33)7(1-32)45-19(13)31-5-27-10-16(31)28-20(23)29-17(10)34/h3-8,11-13,18-19,32-33H,1-2H2,(H6-,22,23,24,25,28,29,34,35,36,43,44)/p+1. The average Bonchev–Trinajstić information content (AvgIpc) is 3.73. The monoisotopic (exact) mass is 725 g/mol. The number of ether oxygens (including phenoxy) is 1. The van der Waals surface area contributed by atoms with Crippen LogP contribution in [0.3, 0.4) is 0 Å². The van der Waals surface area contributed by atoms with E-state index in [2.05, 4.69) is 42.2 Å². The highest BCUT2D eigenvalue weighted by molar-refractivity contribution is 8.39. The minimum atomic E-state index is -4.27. The lowest BCUT2D eigenvalue weighted by Crippen LogP contribution is -2.35. The lowest BCUT2D eigenvalue weighted by Gasteiger charge is -2.27. The van der Waals surface area contributed by atoms with E-state index in [1.807, 2.05) is 0 Å². The molecule has 2 aliphatic rings. The van der Waals surface area contributed by atoms with Gasteiger partial charge in [-0.1, -0.05) is 0 Å². The number of halogens is 1. The van der Waals surface area contributed by atoms with Crippen molar-refractivity contribution in [3.05, 3.63) is 29.3 Å². The van der Waals surface area contributed by atoms with Gasteiger partial charge in [-0.25, -0.2) is 24.3 Å². The van der Waals surface area contributed by atoms with E-state index in [9.17, 15) is 24.5 Å². The fourth-order valence-electron chi connectivity index (χ4n) is 5.03. The highest BCUT2D eigenvalue weighted by Crippen LogP contribution is 2.54. The summed E-state index contributed by atoms with van der Waals surface area (Å²) in [5.74, 6) is -0.134. The predicted octanol–water partition coefficient (Wildman–Crippen LogP) is -0.0824. The molecule has 45 heavy (non-hydrogen) atoms. The molecule has 4 aromatic heterocycles. The fraction of sp³-hybridized carbons (Fsp3) is 0.500. The van der Waals surface area contributed by atoms with E-state index in [4.69, 9.17) is 41.6 Å². The number of anilines is 2. The van der Waals surface area contributed by atoms with E-state index < -0.39 is 80.2 Å². The Kier molecular flexibility index (Phi) is 9.15. The van der Waals surface area contributed by atoms with Crippen molar-refractivity contribution >= 4 is 83.9 Å². The molecule has 6 heterocycles. The smallest absolute Gasteiger partial charge is 0.395 e. The van der Waals surface area contributed by atoms with E-state index in [0.29, 0.717) is 0 Å². The molecule has 0 radical (unpaired) electrons. The third-order valence-corrected chi connectivity index (χ3v) is 10.8. The number of aliphatic hydroxyl groups is 2. The second-order valence-corrected chi connectivity index (χ2v) is 15.6. The molecule has 8 N–H and O–H groups in total. The molecule has 2 fully saturated rings. The number of fused-ring (bicyclic) bond motifs is 2. The van der Waals surface area contributed by atoms with Crippen molar-refractivity contribution < 1.29 is 42.4 Å². The number of hydrogen-bond donors (Lipinski definition) is 7. The van der Waals surface area contributed by atoms with Gasteiger partial charge in [0.05, 0.1) is 37.2 Å². The second-order valence-electron chi connectivity index (χ2n) is 9.75. The number of rotatable bonds is 10. The van der Waals surface area contributed by atoms with E-state index >= 15 is 4.39 Å². The van der Waals surface area contributed by atoms with Crippen molar-refractivity contribution in [3.8, 4) is 0 Å². The zero-order valence-corrected chi connectivity index (χ0v) is 26.7. The van der Waals surface area contributed by atoms with Gasteiger partial charge in [-0.3, -0.25) is 23.4 Å². The number of nitrogens with zero attached hydrogens (tertiary/aromatic N) is 7. The molecule has 0 spiro atoms. The van der Waals surface area contributed by atoms with Crippen LogP contribution in [0.15, 0.2) is 23.8 Å². The Hall–Kier alpha value is -2.40. The molecule has 10 unspecified atom stereocenters. The average molecular weight is 726 g/mol. The normalized spacial score (nSPS) is 30.3. The number of imidazole rings is 2. The first kappa shape index (κ1) is 32.5. The SMILES string of the molecule is Nc1nc2c(ncn2C2SC(CO)C(O)C2OP(O)(=S)OCC2OC(n3cnc4c(N)ncnc43)C(F)C2O[P+](=O)S)c(=O)[nH]1. The van der Waals surface area contributed by atoms with Gasteiger partial charge in [0.15, 0.2) is 41.1 Å². The van der Waals surface area contributed by atoms with Crippen LogP contribution in [0.4, 0.5) is 16.2 Å². The number of nitrogens with one attached hydrogen (secondary N) is 1. The van der Waals surface area contributed by atoms with Crippen molar-refractivity contribution in [2.24, 2.45) is 0 Å². The molecule has 0 aliphatic carbocycles. The van der Waals surface area contributed by atoms with E-state index in [-0.39, 0.29) is 34.1 Å². The Morgan fingerprint density at radius 2 is 1.93 bits per heavy atom. The largest absolute Gasteiger partial charge is 0.582 e. The number of nitrogens with two attached hydrogens (primary N) is 2. The minimum Gasteiger partial charge on any atom is -0.395 e. The molecular weight excluding hydrogens is 701 g/mol. The number of nitrogen functional groups attached to an aromatic ring is 2. The molecular formula is C20H24FN10O9P2S3+. The lowest BCUT2D eigenvalue weighted by molar-refractivity contribution is -0.0448. The van der Waals surface area contributed by atoms with Crippen molar-refractivity contribution in [3.63, 3.8) is 0 Å². The van der Waals surface area contributed by atoms with Crippen LogP contribution in [0.5, 0.6) is 0 Å². The number of thioether (sulfide) groups is 1. The zero-order valence-electron chi connectivity index (χ0n) is 22.4. The molecule has 10 atom stereocenters. The Bertz CT molecular complexity index is 1870. The summed E-state index contributed by atoms with van der Waals surface area (Å²) in [5.41, 5.74) is 11.3. The molecule has 4 aromatic rings. The van der Waals surface area contributed by atoms with Gasteiger partial charge in [-0.15, -0.1) is 16.3 Å². The maximum atomic E-state index is 15.7. The van der Waals surface area contributed by atoms with Crippen LogP contribution < -0.4 is 17.0 Å². The van der Waals surface area contributed by atoms with Gasteiger partial charge in [0.25, 0.3) is 5.56 Å². The quantitative estimate of drug-likeness (QED) is 0.0831. The van der Waals surface area contributed by atoms with E-state index in [0.717, 1.165) is 18.1 Å². The van der Waals surface area contributed by atoms with Crippen LogP contribution in [0.25, 0.3) is 22.3 Å². The van der Waals surface area contributed by atoms with Crippen molar-refractivity contribution in [1.82, 2.24) is 39.0 Å². The maximum Gasteiger partial charge on any atom is 0.582 e. The van der Waals surface area contributed by atoms with E-state index in [1.54, 1.807) is 0 Å². The van der Waals surface area contributed by atoms with Crippen LogP contribution in [-0.4, -0.2) is 103 Å². The Labute approximate surface area is 266 Å². The third-order valence-electron chi connectivity index (χ3n) is 7.01. The third kappa shape index (κ3) is 6.20. The molecule has 242 valence electrons. The van der Waals surface area contributed by atoms with Crippen LogP contribution in [0.2, 0.25) is 0 Å². The van der Waals surface area contributed by atoms with Gasteiger partial charge in [0, 0.05) is 0 Å². The van der Waals surface area contributed by atoms with Gasteiger partial charge < -0.3 is 35.8 Å². The topological polar surface area (TPSA) is 274 Å². The van der Waals surface area contributed by atoms with Crippen LogP contribution >= 0.6 is 38.0 Å².